The van der Waals surface area contributed by atoms with E-state index in [0.717, 1.165) is 34.7 Å². The topological polar surface area (TPSA) is 63.2 Å². The third-order valence-electron chi connectivity index (χ3n) is 4.70. The molecule has 2 N–H and O–H groups in total. The molecular formula is C25H29N3O2S2. The molecule has 3 rings (SSSR count). The number of nitrogens with zero attached hydrogens (tertiary/aromatic N) is 1. The molecule has 1 aromatic heterocycles. The number of nitrogens with one attached hydrogen (secondary N) is 2. The summed E-state index contributed by atoms with van der Waals surface area (Å²) in [7, 11) is 0. The molecular weight excluding hydrogens is 438 g/mol. The number of aryl methyl sites for hydroxylation is 1. The van der Waals surface area contributed by atoms with Gasteiger partial charge in [0.15, 0.2) is 10.2 Å². The van der Waals surface area contributed by atoms with Gasteiger partial charge in [-0.1, -0.05) is 45.0 Å². The summed E-state index contributed by atoms with van der Waals surface area (Å²) in [5.41, 5.74) is 3.82. The maximum Gasteiger partial charge on any atom is 0.257 e. The minimum atomic E-state index is -0.279. The number of carbonyl (C=O) groups is 1. The summed E-state index contributed by atoms with van der Waals surface area (Å²) in [5, 5.41) is 6.61. The predicted octanol–water partition coefficient (Wildman–Crippen LogP) is 6.23. The fourth-order valence-corrected chi connectivity index (χ4v) is 4.31. The molecule has 168 valence electrons. The lowest BCUT2D eigenvalue weighted by molar-refractivity contribution is 0.0977. The van der Waals surface area contributed by atoms with Crippen LogP contribution in [0, 0.1) is 12.8 Å². The van der Waals surface area contributed by atoms with Gasteiger partial charge in [0.2, 0.25) is 0 Å². The standard InChI is InChI=1S/C25H29N3O2S2/c1-5-14-30-21-12-10-20(11-13-21)23(29)27-24(31)28-25-26-22(17(4)32-25)19-8-6-18(7-9-19)15-16(2)3/h6-13,16H,5,14-15H2,1-4H3,(H2,26,27,28,29,31). The van der Waals surface area contributed by atoms with Crippen LogP contribution in [0.4, 0.5) is 5.13 Å². The zero-order valence-corrected chi connectivity index (χ0v) is 20.5. The second-order valence-corrected chi connectivity index (χ2v) is 9.61. The summed E-state index contributed by atoms with van der Waals surface area (Å²) in [4.78, 5) is 18.2. The van der Waals surface area contributed by atoms with Gasteiger partial charge in [0.05, 0.1) is 12.3 Å². The Bertz CT molecular complexity index is 1060. The Morgan fingerprint density at radius 2 is 1.81 bits per heavy atom. The van der Waals surface area contributed by atoms with Gasteiger partial charge in [0.25, 0.3) is 5.91 Å². The first-order valence-corrected chi connectivity index (χ1v) is 12.0. The van der Waals surface area contributed by atoms with E-state index >= 15 is 0 Å². The molecule has 0 aliphatic heterocycles. The largest absolute Gasteiger partial charge is 0.494 e. The molecule has 1 heterocycles. The molecule has 0 saturated heterocycles. The molecule has 0 aliphatic rings. The average Bonchev–Trinajstić information content (AvgIpc) is 3.12. The fraction of sp³-hybridized carbons (Fsp3) is 0.320. The van der Waals surface area contributed by atoms with Crippen molar-refractivity contribution in [3.05, 3.63) is 64.5 Å². The van der Waals surface area contributed by atoms with E-state index in [2.05, 4.69) is 53.7 Å². The highest BCUT2D eigenvalue weighted by atomic mass is 32.1. The number of anilines is 1. The van der Waals surface area contributed by atoms with Crippen molar-refractivity contribution in [1.29, 1.82) is 0 Å². The molecule has 0 unspecified atom stereocenters. The molecule has 0 spiro atoms. The number of ether oxygens (including phenoxy) is 1. The van der Waals surface area contributed by atoms with Crippen LogP contribution in [0.25, 0.3) is 11.3 Å². The van der Waals surface area contributed by atoms with Crippen molar-refractivity contribution in [3.8, 4) is 17.0 Å². The summed E-state index contributed by atoms with van der Waals surface area (Å²) in [6.45, 7) is 9.16. The number of hydrogen-bond acceptors (Lipinski definition) is 5. The van der Waals surface area contributed by atoms with Crippen LogP contribution in [0.3, 0.4) is 0 Å². The van der Waals surface area contributed by atoms with Gasteiger partial charge in [-0.3, -0.25) is 10.1 Å². The van der Waals surface area contributed by atoms with Crippen LogP contribution in [0.5, 0.6) is 5.75 Å². The summed E-state index contributed by atoms with van der Waals surface area (Å²) < 4.78 is 5.55. The van der Waals surface area contributed by atoms with E-state index in [-0.39, 0.29) is 11.0 Å². The van der Waals surface area contributed by atoms with Crippen molar-refractivity contribution < 1.29 is 9.53 Å². The minimum absolute atomic E-state index is 0.217. The molecule has 2 aromatic carbocycles. The molecule has 3 aromatic rings. The van der Waals surface area contributed by atoms with Gasteiger partial charge < -0.3 is 10.1 Å². The SMILES string of the molecule is CCCOc1ccc(C(=O)NC(=S)Nc2nc(-c3ccc(CC(C)C)cc3)c(C)s2)cc1. The highest BCUT2D eigenvalue weighted by molar-refractivity contribution is 7.80. The van der Waals surface area contributed by atoms with E-state index < -0.39 is 0 Å². The fourth-order valence-electron chi connectivity index (χ4n) is 3.21. The van der Waals surface area contributed by atoms with Gasteiger partial charge in [0.1, 0.15) is 5.75 Å². The quantitative estimate of drug-likeness (QED) is 0.384. The first-order chi connectivity index (χ1) is 15.4. The van der Waals surface area contributed by atoms with Crippen molar-refractivity contribution in [3.63, 3.8) is 0 Å². The number of carbonyl (C=O) groups excluding carboxylic acids is 1. The highest BCUT2D eigenvalue weighted by Gasteiger charge is 2.13. The van der Waals surface area contributed by atoms with E-state index in [9.17, 15) is 4.79 Å². The summed E-state index contributed by atoms with van der Waals surface area (Å²) in [5.74, 6) is 1.09. The highest BCUT2D eigenvalue weighted by Crippen LogP contribution is 2.30. The molecule has 0 saturated carbocycles. The Morgan fingerprint density at radius 1 is 1.12 bits per heavy atom. The van der Waals surface area contributed by atoms with Crippen molar-refractivity contribution in [2.75, 3.05) is 11.9 Å². The van der Waals surface area contributed by atoms with Gasteiger partial charge in [-0.2, -0.15) is 0 Å². The zero-order chi connectivity index (χ0) is 23.1. The average molecular weight is 468 g/mol. The maximum absolute atomic E-state index is 12.5. The van der Waals surface area contributed by atoms with Crippen LogP contribution in [0.2, 0.25) is 0 Å². The Kier molecular flexibility index (Phi) is 8.36. The van der Waals surface area contributed by atoms with Gasteiger partial charge in [0, 0.05) is 16.0 Å². The number of rotatable bonds is 8. The van der Waals surface area contributed by atoms with E-state index in [4.69, 9.17) is 17.0 Å². The van der Waals surface area contributed by atoms with E-state index in [0.29, 0.717) is 23.2 Å². The second kappa shape index (κ2) is 11.2. The Morgan fingerprint density at radius 3 is 2.44 bits per heavy atom. The van der Waals surface area contributed by atoms with Crippen LogP contribution in [0.15, 0.2) is 48.5 Å². The third kappa shape index (κ3) is 6.61. The molecule has 7 heteroatoms. The van der Waals surface area contributed by atoms with Crippen molar-refractivity contribution in [1.82, 2.24) is 10.3 Å². The van der Waals surface area contributed by atoms with Crippen LogP contribution in [0.1, 0.15) is 48.0 Å². The van der Waals surface area contributed by atoms with E-state index in [1.807, 2.05) is 13.8 Å². The predicted molar refractivity (Wildman–Crippen MR) is 137 cm³/mol. The van der Waals surface area contributed by atoms with Crippen LogP contribution in [-0.2, 0) is 6.42 Å². The second-order valence-electron chi connectivity index (χ2n) is 8.00. The smallest absolute Gasteiger partial charge is 0.257 e. The van der Waals surface area contributed by atoms with Crippen molar-refractivity contribution in [2.45, 2.75) is 40.5 Å². The summed E-state index contributed by atoms with van der Waals surface area (Å²) >= 11 is 6.83. The molecule has 1 amide bonds. The molecule has 5 nitrogen and oxygen atoms in total. The molecule has 0 fully saturated rings. The first kappa shape index (κ1) is 23.9. The molecule has 0 aliphatic carbocycles. The van der Waals surface area contributed by atoms with Gasteiger partial charge in [-0.05, 0) is 67.7 Å². The normalized spacial score (nSPS) is 10.8. The molecule has 0 atom stereocenters. The van der Waals surface area contributed by atoms with Gasteiger partial charge in [-0.15, -0.1) is 11.3 Å². The lowest BCUT2D eigenvalue weighted by atomic mass is 10.0. The summed E-state index contributed by atoms with van der Waals surface area (Å²) in [6, 6.07) is 15.5. The Balaban J connectivity index is 1.60. The monoisotopic (exact) mass is 467 g/mol. The lowest BCUT2D eigenvalue weighted by Gasteiger charge is -2.08. The van der Waals surface area contributed by atoms with Gasteiger partial charge in [-0.25, -0.2) is 4.98 Å². The van der Waals surface area contributed by atoms with E-state index in [1.165, 1.54) is 16.9 Å². The number of hydrogen-bond donors (Lipinski definition) is 2. The first-order valence-electron chi connectivity index (χ1n) is 10.8. The van der Waals surface area contributed by atoms with E-state index in [1.54, 1.807) is 24.3 Å². The number of thiazole rings is 1. The minimum Gasteiger partial charge on any atom is -0.494 e. The van der Waals surface area contributed by atoms with Crippen molar-refractivity contribution >= 4 is 39.7 Å². The zero-order valence-electron chi connectivity index (χ0n) is 18.9. The number of aromatic nitrogens is 1. The molecule has 0 radical (unpaired) electrons. The maximum atomic E-state index is 12.5. The van der Waals surface area contributed by atoms with Crippen LogP contribution >= 0.6 is 23.6 Å². The molecule has 32 heavy (non-hydrogen) atoms. The van der Waals surface area contributed by atoms with Crippen molar-refractivity contribution in [2.24, 2.45) is 5.92 Å². The number of amides is 1. The third-order valence-corrected chi connectivity index (χ3v) is 5.80. The Hall–Kier alpha value is -2.77. The van der Waals surface area contributed by atoms with Gasteiger partial charge >= 0.3 is 0 Å². The Labute approximate surface area is 199 Å². The van der Waals surface area contributed by atoms with Crippen LogP contribution < -0.4 is 15.4 Å². The summed E-state index contributed by atoms with van der Waals surface area (Å²) in [6.07, 6.45) is 2.00. The number of benzene rings is 2. The number of thiocarbonyl (C=S) groups is 1. The molecule has 0 bridgehead atoms. The van der Waals surface area contributed by atoms with Crippen LogP contribution in [-0.4, -0.2) is 22.6 Å². The lowest BCUT2D eigenvalue weighted by Crippen LogP contribution is -2.34.